The Morgan fingerprint density at radius 1 is 1.10 bits per heavy atom. The first-order chi connectivity index (χ1) is 15.0. The molecule has 1 amide bonds. The molecule has 0 spiro atoms. The highest BCUT2D eigenvalue weighted by Crippen LogP contribution is 2.42. The maximum atomic E-state index is 12.6. The van der Waals surface area contributed by atoms with Crippen molar-refractivity contribution < 1.29 is 4.79 Å². The van der Waals surface area contributed by atoms with Gasteiger partial charge in [-0.3, -0.25) is 4.79 Å². The topological polar surface area (TPSA) is 85.6 Å². The summed E-state index contributed by atoms with van der Waals surface area (Å²) >= 11 is 6.45. The minimum Gasteiger partial charge on any atom is -0.310 e. The van der Waals surface area contributed by atoms with Gasteiger partial charge >= 0.3 is 0 Å². The van der Waals surface area contributed by atoms with Crippen LogP contribution in [0.4, 0.5) is 5.82 Å². The minimum absolute atomic E-state index is 0.110. The number of aryl methyl sites for hydroxylation is 2. The lowest BCUT2D eigenvalue weighted by atomic mass is 9.86. The van der Waals surface area contributed by atoms with Crippen LogP contribution < -0.4 is 5.32 Å². The lowest BCUT2D eigenvalue weighted by Crippen LogP contribution is -2.25. The van der Waals surface area contributed by atoms with Crippen molar-refractivity contribution in [2.45, 2.75) is 26.2 Å². The zero-order valence-corrected chi connectivity index (χ0v) is 17.8. The van der Waals surface area contributed by atoms with Gasteiger partial charge in [-0.05, 0) is 25.5 Å². The SMILES string of the molecule is Cc1ccc(-c2cnnc(-n3nc(C)c4c3NC(=O)C[C@@H]4c3ccccc3Cl)n2)cc1. The van der Waals surface area contributed by atoms with E-state index in [1.54, 1.807) is 10.9 Å². The van der Waals surface area contributed by atoms with Gasteiger partial charge in [-0.25, -0.2) is 4.98 Å². The van der Waals surface area contributed by atoms with Gasteiger partial charge in [0.15, 0.2) is 0 Å². The van der Waals surface area contributed by atoms with Gasteiger partial charge < -0.3 is 5.32 Å². The van der Waals surface area contributed by atoms with Crippen molar-refractivity contribution in [2.24, 2.45) is 0 Å². The van der Waals surface area contributed by atoms with Crippen molar-refractivity contribution in [3.8, 4) is 17.2 Å². The van der Waals surface area contributed by atoms with Gasteiger partial charge in [0.25, 0.3) is 5.95 Å². The molecule has 8 heteroatoms. The van der Waals surface area contributed by atoms with Crippen LogP contribution in [0.15, 0.2) is 54.7 Å². The molecule has 2 aromatic carbocycles. The number of nitrogens with one attached hydrogen (secondary N) is 1. The van der Waals surface area contributed by atoms with Crippen LogP contribution in [0.2, 0.25) is 5.02 Å². The summed E-state index contributed by atoms with van der Waals surface area (Å²) in [5.41, 5.74) is 5.36. The summed E-state index contributed by atoms with van der Waals surface area (Å²) < 4.78 is 1.55. The third-order valence-electron chi connectivity index (χ3n) is 5.47. The zero-order chi connectivity index (χ0) is 21.5. The maximum Gasteiger partial charge on any atom is 0.272 e. The van der Waals surface area contributed by atoms with Crippen LogP contribution in [0.1, 0.15) is 34.7 Å². The summed E-state index contributed by atoms with van der Waals surface area (Å²) in [5, 5.41) is 16.5. The van der Waals surface area contributed by atoms with E-state index in [-0.39, 0.29) is 11.8 Å². The normalized spacial score (nSPS) is 15.5. The van der Waals surface area contributed by atoms with Crippen LogP contribution in [-0.2, 0) is 4.79 Å². The Kier molecular flexibility index (Phi) is 4.75. The number of anilines is 1. The number of nitrogens with zero attached hydrogens (tertiary/aromatic N) is 5. The number of amides is 1. The Bertz CT molecular complexity index is 1300. The second-order valence-corrected chi connectivity index (χ2v) is 8.00. The van der Waals surface area contributed by atoms with Gasteiger partial charge in [0.1, 0.15) is 5.82 Å². The van der Waals surface area contributed by atoms with Crippen LogP contribution in [0.3, 0.4) is 0 Å². The molecule has 0 bridgehead atoms. The summed E-state index contributed by atoms with van der Waals surface area (Å²) in [5.74, 6) is 0.546. The highest BCUT2D eigenvalue weighted by molar-refractivity contribution is 6.31. The third-order valence-corrected chi connectivity index (χ3v) is 5.81. The van der Waals surface area contributed by atoms with Crippen molar-refractivity contribution >= 4 is 23.3 Å². The standard InChI is InChI=1S/C23H19ClN6O/c1-13-7-9-15(10-8-13)19-12-25-28-23(26-19)30-22-21(14(2)29-30)17(11-20(31)27-22)16-5-3-4-6-18(16)24/h3-10,12,17H,11H2,1-2H3,(H,27,31)/t17-/m1/s1. The fraction of sp³-hybridized carbons (Fsp3) is 0.174. The van der Waals surface area contributed by atoms with E-state index in [0.717, 1.165) is 27.9 Å². The summed E-state index contributed by atoms with van der Waals surface area (Å²) in [4.78, 5) is 17.2. The molecule has 0 saturated heterocycles. The highest BCUT2D eigenvalue weighted by atomic mass is 35.5. The average molecular weight is 431 g/mol. The Labute approximate surface area is 184 Å². The molecule has 154 valence electrons. The molecule has 0 radical (unpaired) electrons. The first-order valence-electron chi connectivity index (χ1n) is 9.92. The largest absolute Gasteiger partial charge is 0.310 e. The van der Waals surface area contributed by atoms with E-state index in [2.05, 4.69) is 25.6 Å². The molecule has 1 aliphatic heterocycles. The molecule has 2 aromatic heterocycles. The van der Waals surface area contributed by atoms with Crippen molar-refractivity contribution in [3.05, 3.63) is 82.1 Å². The Morgan fingerprint density at radius 2 is 1.87 bits per heavy atom. The van der Waals surface area contributed by atoms with Crippen LogP contribution in [0.25, 0.3) is 17.2 Å². The van der Waals surface area contributed by atoms with Crippen LogP contribution in [-0.4, -0.2) is 30.9 Å². The lowest BCUT2D eigenvalue weighted by molar-refractivity contribution is -0.116. The average Bonchev–Trinajstić information content (AvgIpc) is 3.10. The molecule has 1 N–H and O–H groups in total. The summed E-state index contributed by atoms with van der Waals surface area (Å²) in [7, 11) is 0. The molecule has 1 atom stereocenters. The molecule has 1 aliphatic rings. The molecule has 4 aromatic rings. The summed E-state index contributed by atoms with van der Waals surface area (Å²) in [6.07, 6.45) is 1.91. The molecule has 7 nitrogen and oxygen atoms in total. The molecule has 31 heavy (non-hydrogen) atoms. The Morgan fingerprint density at radius 3 is 2.65 bits per heavy atom. The second kappa shape index (κ2) is 7.59. The molecule has 0 fully saturated rings. The number of benzene rings is 2. The molecule has 0 aliphatic carbocycles. The number of halogens is 1. The Hall–Kier alpha value is -3.58. The molecule has 0 saturated carbocycles. The fourth-order valence-corrected chi connectivity index (χ4v) is 4.23. The fourth-order valence-electron chi connectivity index (χ4n) is 3.96. The number of rotatable bonds is 3. The van der Waals surface area contributed by atoms with Crippen molar-refractivity contribution in [2.75, 3.05) is 5.32 Å². The first kappa shape index (κ1) is 19.4. The number of aromatic nitrogens is 5. The van der Waals surface area contributed by atoms with Crippen molar-refractivity contribution in [1.82, 2.24) is 25.0 Å². The van der Waals surface area contributed by atoms with E-state index in [0.29, 0.717) is 28.9 Å². The molecular weight excluding hydrogens is 412 g/mol. The lowest BCUT2D eigenvalue weighted by Gasteiger charge is -2.24. The predicted molar refractivity (Wildman–Crippen MR) is 118 cm³/mol. The van der Waals surface area contributed by atoms with Gasteiger partial charge in [0, 0.05) is 28.5 Å². The van der Waals surface area contributed by atoms with Crippen molar-refractivity contribution in [3.63, 3.8) is 0 Å². The van der Waals surface area contributed by atoms with Crippen molar-refractivity contribution in [1.29, 1.82) is 0 Å². The monoisotopic (exact) mass is 430 g/mol. The van der Waals surface area contributed by atoms with E-state index in [1.165, 1.54) is 0 Å². The van der Waals surface area contributed by atoms with Crippen LogP contribution in [0, 0.1) is 13.8 Å². The number of hydrogen-bond donors (Lipinski definition) is 1. The van der Waals surface area contributed by atoms with E-state index >= 15 is 0 Å². The number of hydrogen-bond acceptors (Lipinski definition) is 5. The Balaban J connectivity index is 1.63. The van der Waals surface area contributed by atoms with Crippen LogP contribution >= 0.6 is 11.6 Å². The first-order valence-corrected chi connectivity index (χ1v) is 10.3. The summed E-state index contributed by atoms with van der Waals surface area (Å²) in [6, 6.07) is 15.6. The van der Waals surface area contributed by atoms with Gasteiger partial charge in [0.05, 0.1) is 17.6 Å². The highest BCUT2D eigenvalue weighted by Gasteiger charge is 2.34. The van der Waals surface area contributed by atoms with Crippen LogP contribution in [0.5, 0.6) is 0 Å². The number of carbonyl (C=O) groups is 1. The smallest absolute Gasteiger partial charge is 0.272 e. The van der Waals surface area contributed by atoms with Gasteiger partial charge in [-0.1, -0.05) is 59.6 Å². The number of carbonyl (C=O) groups excluding carboxylic acids is 1. The molecule has 0 unspecified atom stereocenters. The maximum absolute atomic E-state index is 12.6. The van der Waals surface area contributed by atoms with E-state index in [9.17, 15) is 4.79 Å². The second-order valence-electron chi connectivity index (χ2n) is 7.59. The van der Waals surface area contributed by atoms with Gasteiger partial charge in [-0.15, -0.1) is 5.10 Å². The van der Waals surface area contributed by atoms with Gasteiger partial charge in [0.2, 0.25) is 5.91 Å². The minimum atomic E-state index is -0.195. The third kappa shape index (κ3) is 3.47. The van der Waals surface area contributed by atoms with E-state index in [4.69, 9.17) is 11.6 Å². The van der Waals surface area contributed by atoms with E-state index in [1.807, 2.05) is 62.4 Å². The zero-order valence-electron chi connectivity index (χ0n) is 17.0. The quantitative estimate of drug-likeness (QED) is 0.518. The number of fused-ring (bicyclic) bond motifs is 1. The molecule has 5 rings (SSSR count). The predicted octanol–water partition coefficient (Wildman–Crippen LogP) is 4.47. The summed E-state index contributed by atoms with van der Waals surface area (Å²) in [6.45, 7) is 3.94. The van der Waals surface area contributed by atoms with E-state index < -0.39 is 0 Å². The molecular formula is C23H19ClN6O. The molecule has 3 heterocycles. The van der Waals surface area contributed by atoms with Gasteiger partial charge in [-0.2, -0.15) is 14.9 Å².